The smallest absolute Gasteiger partial charge is 0.331 e. The Balaban J connectivity index is 2.17. The quantitative estimate of drug-likeness (QED) is 0.603. The highest BCUT2D eigenvalue weighted by molar-refractivity contribution is 5.82. The number of esters is 1. The van der Waals surface area contributed by atoms with Crippen LogP contribution < -0.4 is 4.74 Å². The molecule has 0 spiro atoms. The second-order valence-electron chi connectivity index (χ2n) is 6.52. The Bertz CT molecular complexity index is 685. The van der Waals surface area contributed by atoms with Crippen LogP contribution in [-0.2, 0) is 9.53 Å². The van der Waals surface area contributed by atoms with Gasteiger partial charge in [0, 0.05) is 18.3 Å². The van der Waals surface area contributed by atoms with Crippen molar-refractivity contribution < 1.29 is 14.3 Å². The van der Waals surface area contributed by atoms with E-state index >= 15 is 0 Å². The first-order valence-corrected chi connectivity index (χ1v) is 7.89. The monoisotopic (exact) mass is 325 g/mol. The number of hydrogen-bond donors (Lipinski definition) is 0. The van der Waals surface area contributed by atoms with E-state index in [1.807, 2.05) is 70.2 Å². The average molecular weight is 325 g/mol. The number of ether oxygens (including phenoxy) is 2. The molecule has 2 rings (SSSR count). The van der Waals surface area contributed by atoms with Gasteiger partial charge in [0.2, 0.25) is 5.88 Å². The predicted molar refractivity (Wildman–Crippen MR) is 93.8 cm³/mol. The van der Waals surface area contributed by atoms with Crippen molar-refractivity contribution >= 4 is 5.97 Å². The highest BCUT2D eigenvalue weighted by atomic mass is 16.6. The van der Waals surface area contributed by atoms with Gasteiger partial charge in [0.15, 0.2) is 0 Å². The molecule has 126 valence electrons. The summed E-state index contributed by atoms with van der Waals surface area (Å²) in [7, 11) is 0. The van der Waals surface area contributed by atoms with Crippen molar-refractivity contribution in [2.45, 2.75) is 39.4 Å². The van der Waals surface area contributed by atoms with Crippen molar-refractivity contribution in [1.82, 2.24) is 4.98 Å². The van der Waals surface area contributed by atoms with Gasteiger partial charge in [-0.2, -0.15) is 0 Å². The van der Waals surface area contributed by atoms with E-state index in [2.05, 4.69) is 4.98 Å². The van der Waals surface area contributed by atoms with Gasteiger partial charge in [-0.15, -0.1) is 0 Å². The zero-order valence-electron chi connectivity index (χ0n) is 14.5. The third-order valence-corrected chi connectivity index (χ3v) is 3.07. The van der Waals surface area contributed by atoms with Crippen LogP contribution >= 0.6 is 0 Å². The lowest BCUT2D eigenvalue weighted by molar-refractivity contribution is -0.148. The first-order valence-electron chi connectivity index (χ1n) is 7.89. The predicted octanol–water partition coefficient (Wildman–Crippen LogP) is 4.41. The number of carbonyl (C=O) groups is 1. The van der Waals surface area contributed by atoms with Crippen LogP contribution in [0.25, 0.3) is 0 Å². The summed E-state index contributed by atoms with van der Waals surface area (Å²) in [6.07, 6.45) is 4.41. The summed E-state index contributed by atoms with van der Waals surface area (Å²) in [6, 6.07) is 13.4. The van der Waals surface area contributed by atoms with Crippen LogP contribution in [0.1, 0.15) is 38.0 Å². The standard InChI is InChI=1S/C20H23NO3/c1-15-10-12-18(21-14-15)23-17(16-8-6-5-7-9-16)11-13-19(22)24-20(2,3)4/h5-14,17H,1-4H3/b13-11+. The molecule has 0 aliphatic rings. The highest BCUT2D eigenvalue weighted by Gasteiger charge is 2.16. The van der Waals surface area contributed by atoms with Gasteiger partial charge in [-0.05, 0) is 44.9 Å². The van der Waals surface area contributed by atoms with Crippen LogP contribution in [0.3, 0.4) is 0 Å². The van der Waals surface area contributed by atoms with Gasteiger partial charge in [-0.1, -0.05) is 36.4 Å². The first kappa shape index (κ1) is 17.7. The number of benzene rings is 1. The molecule has 24 heavy (non-hydrogen) atoms. The molecule has 0 saturated heterocycles. The minimum absolute atomic E-state index is 0.399. The summed E-state index contributed by atoms with van der Waals surface area (Å²) in [5, 5.41) is 0. The fourth-order valence-corrected chi connectivity index (χ4v) is 2.02. The largest absolute Gasteiger partial charge is 0.465 e. The van der Waals surface area contributed by atoms with Crippen LogP contribution in [0.5, 0.6) is 5.88 Å². The second-order valence-corrected chi connectivity index (χ2v) is 6.52. The zero-order chi connectivity index (χ0) is 17.6. The molecule has 1 heterocycles. The van der Waals surface area contributed by atoms with E-state index in [-0.39, 0.29) is 0 Å². The molecular formula is C20H23NO3. The fraction of sp³-hybridized carbons (Fsp3) is 0.300. The number of nitrogens with zero attached hydrogens (tertiary/aromatic N) is 1. The molecule has 1 aromatic heterocycles. The summed E-state index contributed by atoms with van der Waals surface area (Å²) in [6.45, 7) is 7.47. The number of aromatic nitrogens is 1. The van der Waals surface area contributed by atoms with Crippen LogP contribution in [0.15, 0.2) is 60.8 Å². The molecule has 2 aromatic rings. The van der Waals surface area contributed by atoms with E-state index in [0.29, 0.717) is 5.88 Å². The maximum Gasteiger partial charge on any atom is 0.331 e. The van der Waals surface area contributed by atoms with Crippen molar-refractivity contribution in [1.29, 1.82) is 0 Å². The summed E-state index contributed by atoms with van der Waals surface area (Å²) in [4.78, 5) is 16.2. The molecule has 0 fully saturated rings. The number of rotatable bonds is 5. The van der Waals surface area contributed by atoms with E-state index in [4.69, 9.17) is 9.47 Å². The molecule has 0 aliphatic carbocycles. The van der Waals surface area contributed by atoms with Crippen LogP contribution in [0.4, 0.5) is 0 Å². The van der Waals surface area contributed by atoms with E-state index < -0.39 is 17.7 Å². The Morgan fingerprint density at radius 1 is 1.12 bits per heavy atom. The molecule has 0 N–H and O–H groups in total. The van der Waals surface area contributed by atoms with Gasteiger partial charge < -0.3 is 9.47 Å². The number of carbonyl (C=O) groups excluding carboxylic acids is 1. The van der Waals surface area contributed by atoms with Crippen LogP contribution in [0.2, 0.25) is 0 Å². The van der Waals surface area contributed by atoms with Crippen molar-refractivity contribution in [3.05, 3.63) is 71.9 Å². The highest BCUT2D eigenvalue weighted by Crippen LogP contribution is 2.22. The molecule has 0 saturated carbocycles. The minimum Gasteiger partial charge on any atom is -0.465 e. The maximum absolute atomic E-state index is 11.9. The van der Waals surface area contributed by atoms with Crippen molar-refractivity contribution in [3.63, 3.8) is 0 Å². The summed E-state index contributed by atoms with van der Waals surface area (Å²) < 4.78 is 11.2. The van der Waals surface area contributed by atoms with Gasteiger partial charge >= 0.3 is 5.97 Å². The summed E-state index contributed by atoms with van der Waals surface area (Å²) in [5.41, 5.74) is 1.46. The van der Waals surface area contributed by atoms with Crippen LogP contribution in [0, 0.1) is 6.92 Å². The van der Waals surface area contributed by atoms with Gasteiger partial charge in [-0.25, -0.2) is 9.78 Å². The molecule has 1 aromatic carbocycles. The summed E-state index contributed by atoms with van der Waals surface area (Å²) in [5.74, 6) is 0.104. The van der Waals surface area contributed by atoms with E-state index in [1.165, 1.54) is 6.08 Å². The lowest BCUT2D eigenvalue weighted by atomic mass is 10.1. The van der Waals surface area contributed by atoms with Crippen LogP contribution in [-0.4, -0.2) is 16.6 Å². The normalized spacial score (nSPS) is 12.8. The average Bonchev–Trinajstić information content (AvgIpc) is 2.52. The molecule has 0 amide bonds. The first-order chi connectivity index (χ1) is 11.3. The molecule has 1 unspecified atom stereocenters. The van der Waals surface area contributed by atoms with Gasteiger partial charge in [0.1, 0.15) is 11.7 Å². The minimum atomic E-state index is -0.525. The Morgan fingerprint density at radius 3 is 2.42 bits per heavy atom. The topological polar surface area (TPSA) is 48.4 Å². The lowest BCUT2D eigenvalue weighted by Gasteiger charge is -2.19. The summed E-state index contributed by atoms with van der Waals surface area (Å²) >= 11 is 0. The second kappa shape index (κ2) is 7.77. The van der Waals surface area contributed by atoms with E-state index in [0.717, 1.165) is 11.1 Å². The van der Waals surface area contributed by atoms with E-state index in [1.54, 1.807) is 12.3 Å². The van der Waals surface area contributed by atoms with Crippen molar-refractivity contribution in [3.8, 4) is 5.88 Å². The third kappa shape index (κ3) is 5.88. The fourth-order valence-electron chi connectivity index (χ4n) is 2.02. The molecule has 1 atom stereocenters. The third-order valence-electron chi connectivity index (χ3n) is 3.07. The molecule has 4 heteroatoms. The van der Waals surface area contributed by atoms with Crippen molar-refractivity contribution in [2.24, 2.45) is 0 Å². The molecule has 0 radical (unpaired) electrons. The molecule has 0 aliphatic heterocycles. The number of pyridine rings is 1. The maximum atomic E-state index is 11.9. The SMILES string of the molecule is Cc1ccc(OC(/C=C/C(=O)OC(C)(C)C)c2ccccc2)nc1. The molecular weight excluding hydrogens is 302 g/mol. The molecule has 4 nitrogen and oxygen atoms in total. The lowest BCUT2D eigenvalue weighted by Crippen LogP contribution is -2.22. The number of hydrogen-bond acceptors (Lipinski definition) is 4. The van der Waals surface area contributed by atoms with Gasteiger partial charge in [0.25, 0.3) is 0 Å². The Morgan fingerprint density at radius 2 is 1.83 bits per heavy atom. The van der Waals surface area contributed by atoms with Crippen molar-refractivity contribution in [2.75, 3.05) is 0 Å². The molecule has 0 bridgehead atoms. The Labute approximate surface area is 143 Å². The van der Waals surface area contributed by atoms with E-state index in [9.17, 15) is 4.79 Å². The van der Waals surface area contributed by atoms with Gasteiger partial charge in [0.05, 0.1) is 0 Å². The number of aryl methyl sites for hydroxylation is 1. The van der Waals surface area contributed by atoms with Gasteiger partial charge in [-0.3, -0.25) is 0 Å². The Hall–Kier alpha value is -2.62. The Kier molecular flexibility index (Phi) is 5.74. The zero-order valence-corrected chi connectivity index (χ0v) is 14.5.